The number of aryl methyl sites for hydroxylation is 1. The summed E-state index contributed by atoms with van der Waals surface area (Å²) in [5.74, 6) is -1.08. The first kappa shape index (κ1) is 16.3. The number of rotatable bonds is 6. The molecule has 0 bridgehead atoms. The highest BCUT2D eigenvalue weighted by molar-refractivity contribution is 6.01. The molecule has 0 radical (unpaired) electrons. The lowest BCUT2D eigenvalue weighted by molar-refractivity contribution is -0.147. The number of para-hydroxylation sites is 1. The highest BCUT2D eigenvalue weighted by Gasteiger charge is 2.14. The van der Waals surface area contributed by atoms with E-state index in [1.54, 1.807) is 6.07 Å². The number of nitrogens with one attached hydrogen (secondary N) is 1. The van der Waals surface area contributed by atoms with Gasteiger partial charge in [0, 0.05) is 29.2 Å². The normalized spacial score (nSPS) is 11.7. The van der Waals surface area contributed by atoms with Crippen LogP contribution in [0.4, 0.5) is 0 Å². The zero-order chi connectivity index (χ0) is 16.8. The number of aromatic amines is 1. The van der Waals surface area contributed by atoms with E-state index in [0.717, 1.165) is 16.5 Å². The zero-order valence-corrected chi connectivity index (χ0v) is 12.8. The second-order valence-corrected chi connectivity index (χ2v) is 5.11. The molecule has 6 nitrogen and oxygen atoms in total. The van der Waals surface area contributed by atoms with Gasteiger partial charge in [0.1, 0.15) is 11.6 Å². The fourth-order valence-electron chi connectivity index (χ4n) is 2.24. The van der Waals surface area contributed by atoms with E-state index < -0.39 is 18.4 Å². The number of aromatic nitrogens is 1. The topological polar surface area (TPSA) is 109 Å². The van der Waals surface area contributed by atoms with Gasteiger partial charge < -0.3 is 15.5 Å². The van der Waals surface area contributed by atoms with Crippen LogP contribution in [0.15, 0.2) is 41.7 Å². The summed E-state index contributed by atoms with van der Waals surface area (Å²) in [6.07, 6.45) is 2.52. The molecule has 0 unspecified atom stereocenters. The first-order valence-corrected chi connectivity index (χ1v) is 7.13. The van der Waals surface area contributed by atoms with E-state index in [9.17, 15) is 9.59 Å². The summed E-state index contributed by atoms with van der Waals surface area (Å²) in [5, 5.41) is 9.87. The van der Waals surface area contributed by atoms with E-state index in [4.69, 9.17) is 15.7 Å². The third kappa shape index (κ3) is 3.98. The number of esters is 1. The van der Waals surface area contributed by atoms with Gasteiger partial charge in [-0.1, -0.05) is 18.2 Å². The Morgan fingerprint density at radius 2 is 2.09 bits per heavy atom. The van der Waals surface area contributed by atoms with Crippen LogP contribution in [-0.2, 0) is 20.7 Å². The van der Waals surface area contributed by atoms with E-state index in [1.807, 2.05) is 30.5 Å². The molecular formula is C17H17N3O3. The molecule has 0 atom stereocenters. The van der Waals surface area contributed by atoms with Gasteiger partial charge in [-0.05, 0) is 25.0 Å². The highest BCUT2D eigenvalue weighted by atomic mass is 16.5. The number of Topliss-reactive ketones (excluding diaryl/α,β-unsaturated/α-hetero) is 1. The number of nitriles is 1. The van der Waals surface area contributed by atoms with Crippen LogP contribution < -0.4 is 5.73 Å². The van der Waals surface area contributed by atoms with Gasteiger partial charge in [0.15, 0.2) is 6.61 Å². The molecule has 0 fully saturated rings. The zero-order valence-electron chi connectivity index (χ0n) is 12.8. The lowest BCUT2D eigenvalue weighted by Gasteiger charge is -2.04. The molecule has 1 aromatic carbocycles. The lowest BCUT2D eigenvalue weighted by Crippen LogP contribution is -2.17. The minimum atomic E-state index is -0.590. The number of benzene rings is 1. The second-order valence-electron chi connectivity index (χ2n) is 5.11. The maximum absolute atomic E-state index is 11.7. The van der Waals surface area contributed by atoms with Crippen molar-refractivity contribution < 1.29 is 14.3 Å². The number of hydrogen-bond donors (Lipinski definition) is 2. The summed E-state index contributed by atoms with van der Waals surface area (Å²) in [6, 6.07) is 9.51. The number of allylic oxidation sites excluding steroid dienone is 1. The molecule has 1 heterocycles. The minimum Gasteiger partial charge on any atom is -0.457 e. The number of carbonyl (C=O) groups is 2. The number of fused-ring (bicyclic) bond motifs is 1. The molecule has 0 aliphatic carbocycles. The predicted octanol–water partition coefficient (Wildman–Crippen LogP) is 1.97. The first-order valence-electron chi connectivity index (χ1n) is 7.13. The van der Waals surface area contributed by atoms with Crippen molar-refractivity contribution in [1.29, 1.82) is 5.26 Å². The summed E-state index contributed by atoms with van der Waals surface area (Å²) in [6.45, 7) is 0.986. The van der Waals surface area contributed by atoms with E-state index >= 15 is 0 Å². The Kier molecular flexibility index (Phi) is 5.15. The van der Waals surface area contributed by atoms with Crippen LogP contribution in [0.5, 0.6) is 0 Å². The average Bonchev–Trinajstić information content (AvgIpc) is 2.94. The van der Waals surface area contributed by atoms with Crippen molar-refractivity contribution >= 4 is 22.7 Å². The molecule has 118 valence electrons. The number of ether oxygens (including phenoxy) is 1. The van der Waals surface area contributed by atoms with Crippen molar-refractivity contribution in [2.24, 2.45) is 5.73 Å². The molecule has 3 N–H and O–H groups in total. The van der Waals surface area contributed by atoms with Crippen molar-refractivity contribution in [3.8, 4) is 6.07 Å². The molecule has 0 saturated carbocycles. The first-order chi connectivity index (χ1) is 11.0. The molecule has 6 heteroatoms. The molecule has 0 saturated heterocycles. The Bertz CT molecular complexity index is 808. The summed E-state index contributed by atoms with van der Waals surface area (Å²) in [5.41, 5.74) is 7.39. The van der Waals surface area contributed by atoms with Crippen molar-refractivity contribution in [2.75, 3.05) is 6.61 Å². The van der Waals surface area contributed by atoms with Crippen LogP contribution >= 0.6 is 0 Å². The highest BCUT2D eigenvalue weighted by Crippen LogP contribution is 2.19. The number of carbonyl (C=O) groups excluding carboxylic acids is 2. The van der Waals surface area contributed by atoms with Gasteiger partial charge in [-0.25, -0.2) is 0 Å². The number of nitrogens with zero attached hydrogens (tertiary/aromatic N) is 1. The average molecular weight is 311 g/mol. The number of nitrogens with two attached hydrogens (primary N) is 1. The number of hydrogen-bond acceptors (Lipinski definition) is 5. The van der Waals surface area contributed by atoms with E-state index in [2.05, 4.69) is 4.98 Å². The van der Waals surface area contributed by atoms with Crippen LogP contribution in [-0.4, -0.2) is 23.3 Å². The van der Waals surface area contributed by atoms with Gasteiger partial charge in [-0.15, -0.1) is 0 Å². The Hall–Kier alpha value is -3.07. The van der Waals surface area contributed by atoms with Crippen LogP contribution in [0.1, 0.15) is 18.9 Å². The molecule has 0 aliphatic rings. The van der Waals surface area contributed by atoms with Gasteiger partial charge in [-0.3, -0.25) is 9.59 Å². The smallest absolute Gasteiger partial charge is 0.306 e. The standard InChI is InChI=1S/C17H17N3O3/c1-11(19)14(8-18)16(21)10-23-17(22)7-6-12-9-20-15-5-3-2-4-13(12)15/h2-5,9,20H,6-7,10,19H2,1H3/b14-11-. The maximum Gasteiger partial charge on any atom is 0.306 e. The summed E-state index contributed by atoms with van der Waals surface area (Å²) >= 11 is 0. The fourth-order valence-corrected chi connectivity index (χ4v) is 2.24. The van der Waals surface area contributed by atoms with Crippen molar-refractivity contribution in [2.45, 2.75) is 19.8 Å². The summed E-state index contributed by atoms with van der Waals surface area (Å²) in [4.78, 5) is 26.6. The van der Waals surface area contributed by atoms with Crippen molar-refractivity contribution in [1.82, 2.24) is 4.98 Å². The Morgan fingerprint density at radius 3 is 2.78 bits per heavy atom. The maximum atomic E-state index is 11.7. The van der Waals surface area contributed by atoms with Gasteiger partial charge in [0.05, 0.1) is 0 Å². The molecular weight excluding hydrogens is 294 g/mol. The molecule has 23 heavy (non-hydrogen) atoms. The Morgan fingerprint density at radius 1 is 1.35 bits per heavy atom. The Balaban J connectivity index is 1.88. The SMILES string of the molecule is C/C(N)=C(\C#N)C(=O)COC(=O)CCc1c[nH]c2ccccc12. The van der Waals surface area contributed by atoms with E-state index in [1.165, 1.54) is 6.92 Å². The van der Waals surface area contributed by atoms with Crippen LogP contribution in [0.2, 0.25) is 0 Å². The molecule has 0 amide bonds. The van der Waals surface area contributed by atoms with Crippen LogP contribution in [0.3, 0.4) is 0 Å². The third-order valence-corrected chi connectivity index (χ3v) is 3.42. The van der Waals surface area contributed by atoms with Crippen molar-refractivity contribution in [3.63, 3.8) is 0 Å². The molecule has 0 spiro atoms. The summed E-state index contributed by atoms with van der Waals surface area (Å²) in [7, 11) is 0. The number of H-pyrrole nitrogens is 1. The quantitative estimate of drug-likeness (QED) is 0.481. The molecule has 2 rings (SSSR count). The summed E-state index contributed by atoms with van der Waals surface area (Å²) < 4.78 is 4.91. The van der Waals surface area contributed by atoms with Gasteiger partial charge in [-0.2, -0.15) is 5.26 Å². The third-order valence-electron chi connectivity index (χ3n) is 3.42. The number of ketones is 1. The molecule has 2 aromatic rings. The second kappa shape index (κ2) is 7.27. The van der Waals surface area contributed by atoms with Gasteiger partial charge in [0.2, 0.25) is 5.78 Å². The predicted molar refractivity (Wildman–Crippen MR) is 85.1 cm³/mol. The minimum absolute atomic E-state index is 0.118. The largest absolute Gasteiger partial charge is 0.457 e. The molecule has 1 aromatic heterocycles. The van der Waals surface area contributed by atoms with Crippen LogP contribution in [0, 0.1) is 11.3 Å². The van der Waals surface area contributed by atoms with E-state index in [0.29, 0.717) is 6.42 Å². The van der Waals surface area contributed by atoms with Gasteiger partial charge >= 0.3 is 5.97 Å². The fraction of sp³-hybridized carbons (Fsp3) is 0.235. The van der Waals surface area contributed by atoms with Crippen molar-refractivity contribution in [3.05, 3.63) is 47.3 Å². The van der Waals surface area contributed by atoms with E-state index in [-0.39, 0.29) is 17.7 Å². The van der Waals surface area contributed by atoms with Gasteiger partial charge in [0.25, 0.3) is 0 Å². The lowest BCUT2D eigenvalue weighted by atomic mass is 10.1. The monoisotopic (exact) mass is 311 g/mol. The van der Waals surface area contributed by atoms with Crippen LogP contribution in [0.25, 0.3) is 10.9 Å². The molecule has 0 aliphatic heterocycles. The Labute approximate surface area is 133 Å².